The van der Waals surface area contributed by atoms with E-state index >= 15 is 0 Å². The summed E-state index contributed by atoms with van der Waals surface area (Å²) in [6, 6.07) is 1.29. The number of fused-ring (bicyclic) bond motifs is 1. The summed E-state index contributed by atoms with van der Waals surface area (Å²) in [6.45, 7) is 4.04. The second-order valence-electron chi connectivity index (χ2n) is 8.87. The maximum absolute atomic E-state index is 12.8. The van der Waals surface area contributed by atoms with Crippen LogP contribution in [0.25, 0.3) is 20.8 Å². The van der Waals surface area contributed by atoms with Crippen molar-refractivity contribution in [2.24, 2.45) is 5.92 Å². The minimum atomic E-state index is -4.46. The Bertz CT molecular complexity index is 1240. The molecule has 1 aliphatic carbocycles. The van der Waals surface area contributed by atoms with Crippen LogP contribution in [-0.4, -0.2) is 72.8 Å². The molecule has 0 saturated heterocycles. The number of thiazole rings is 1. The van der Waals surface area contributed by atoms with Crippen molar-refractivity contribution in [2.45, 2.75) is 64.5 Å². The number of alkyl halides is 3. The lowest BCUT2D eigenvalue weighted by Crippen LogP contribution is -2.36. The Kier molecular flexibility index (Phi) is 7.64. The van der Waals surface area contributed by atoms with E-state index in [2.05, 4.69) is 25.6 Å². The number of nitrogens with zero attached hydrogens (tertiary/aromatic N) is 4. The van der Waals surface area contributed by atoms with E-state index in [0.717, 1.165) is 28.0 Å². The number of anilines is 2. The van der Waals surface area contributed by atoms with Crippen molar-refractivity contribution in [1.29, 1.82) is 0 Å². The van der Waals surface area contributed by atoms with Crippen LogP contribution in [0.15, 0.2) is 6.07 Å². The van der Waals surface area contributed by atoms with Crippen molar-refractivity contribution in [1.82, 2.24) is 19.9 Å². The SMILES string of the molecule is CCc1cc2sc(-c3c(C)nc(NCC(F)(F)F)nc3N[C@@H]3C[C@H](CO)[C@@H](O)[C@H]3O)nc2c(CC)n1. The molecule has 196 valence electrons. The second-order valence-corrected chi connectivity index (χ2v) is 9.90. The Morgan fingerprint density at radius 1 is 1.08 bits per heavy atom. The molecule has 1 aliphatic rings. The summed E-state index contributed by atoms with van der Waals surface area (Å²) in [6.07, 6.45) is -5.11. The molecule has 0 spiro atoms. The minimum Gasteiger partial charge on any atom is -0.396 e. The van der Waals surface area contributed by atoms with E-state index in [4.69, 9.17) is 4.98 Å². The first kappa shape index (κ1) is 26.5. The lowest BCUT2D eigenvalue weighted by molar-refractivity contribution is -0.115. The maximum atomic E-state index is 12.8. The largest absolute Gasteiger partial charge is 0.405 e. The van der Waals surface area contributed by atoms with E-state index < -0.39 is 36.9 Å². The summed E-state index contributed by atoms with van der Waals surface area (Å²) in [4.78, 5) is 18.0. The highest BCUT2D eigenvalue weighted by molar-refractivity contribution is 7.21. The van der Waals surface area contributed by atoms with Crippen molar-refractivity contribution in [3.8, 4) is 10.6 Å². The highest BCUT2D eigenvalue weighted by Gasteiger charge is 2.41. The number of aliphatic hydroxyl groups excluding tert-OH is 3. The van der Waals surface area contributed by atoms with Crippen molar-refractivity contribution in [3.63, 3.8) is 0 Å². The van der Waals surface area contributed by atoms with Gasteiger partial charge >= 0.3 is 6.18 Å². The normalized spacial score (nSPS) is 22.4. The number of halogens is 3. The van der Waals surface area contributed by atoms with Gasteiger partial charge in [0, 0.05) is 18.2 Å². The first-order valence-corrected chi connectivity index (χ1v) is 12.6. The van der Waals surface area contributed by atoms with Gasteiger partial charge in [-0.3, -0.25) is 4.98 Å². The molecule has 9 nitrogen and oxygen atoms in total. The first-order valence-electron chi connectivity index (χ1n) is 11.8. The number of pyridine rings is 1. The van der Waals surface area contributed by atoms with Crippen LogP contribution in [0, 0.1) is 12.8 Å². The van der Waals surface area contributed by atoms with E-state index in [1.807, 2.05) is 19.9 Å². The van der Waals surface area contributed by atoms with Gasteiger partial charge in [-0.2, -0.15) is 18.2 Å². The summed E-state index contributed by atoms with van der Waals surface area (Å²) in [5.74, 6) is -0.587. The Balaban J connectivity index is 1.80. The maximum Gasteiger partial charge on any atom is 0.405 e. The van der Waals surface area contributed by atoms with Crippen LogP contribution in [0.1, 0.15) is 37.4 Å². The van der Waals surface area contributed by atoms with Crippen LogP contribution in [0.2, 0.25) is 0 Å². The summed E-state index contributed by atoms with van der Waals surface area (Å²) < 4.78 is 39.4. The van der Waals surface area contributed by atoms with Crippen molar-refractivity contribution < 1.29 is 28.5 Å². The molecule has 0 bridgehead atoms. The minimum absolute atomic E-state index is 0.183. The summed E-state index contributed by atoms with van der Waals surface area (Å²) in [5, 5.41) is 36.1. The third-order valence-corrected chi connectivity index (χ3v) is 7.33. The molecule has 4 atom stereocenters. The molecule has 0 amide bonds. The molecule has 1 fully saturated rings. The molecule has 0 aliphatic heterocycles. The van der Waals surface area contributed by atoms with Crippen molar-refractivity contribution in [2.75, 3.05) is 23.8 Å². The number of nitrogens with one attached hydrogen (secondary N) is 2. The molecule has 1 saturated carbocycles. The van der Waals surface area contributed by atoms with Crippen LogP contribution in [0.3, 0.4) is 0 Å². The summed E-state index contributed by atoms with van der Waals surface area (Å²) in [5.41, 5.74) is 3.41. The first-order chi connectivity index (χ1) is 17.0. The molecule has 13 heteroatoms. The van der Waals surface area contributed by atoms with Crippen LogP contribution >= 0.6 is 11.3 Å². The van der Waals surface area contributed by atoms with Gasteiger partial charge in [0.25, 0.3) is 0 Å². The molecule has 0 aromatic carbocycles. The number of hydrogen-bond donors (Lipinski definition) is 5. The predicted octanol–water partition coefficient (Wildman–Crippen LogP) is 3.07. The van der Waals surface area contributed by atoms with E-state index in [-0.39, 0.29) is 24.8 Å². The molecule has 3 aromatic heterocycles. The van der Waals surface area contributed by atoms with Gasteiger partial charge in [-0.05, 0) is 32.3 Å². The highest BCUT2D eigenvalue weighted by atomic mass is 32.1. The number of hydrogen-bond acceptors (Lipinski definition) is 10. The fraction of sp³-hybridized carbons (Fsp3) is 0.565. The molecule has 36 heavy (non-hydrogen) atoms. The monoisotopic (exact) mass is 526 g/mol. The van der Waals surface area contributed by atoms with Gasteiger partial charge in [0.05, 0.1) is 33.8 Å². The molecule has 4 rings (SSSR count). The number of rotatable bonds is 8. The van der Waals surface area contributed by atoms with Gasteiger partial charge < -0.3 is 26.0 Å². The van der Waals surface area contributed by atoms with Gasteiger partial charge in [0.2, 0.25) is 5.95 Å². The molecule has 0 radical (unpaired) electrons. The van der Waals surface area contributed by atoms with E-state index in [0.29, 0.717) is 22.7 Å². The molecule has 5 N–H and O–H groups in total. The van der Waals surface area contributed by atoms with Gasteiger partial charge in [0.1, 0.15) is 29.0 Å². The van der Waals surface area contributed by atoms with Crippen LogP contribution in [0.5, 0.6) is 0 Å². The molecule has 3 heterocycles. The Morgan fingerprint density at radius 2 is 1.83 bits per heavy atom. The third kappa shape index (κ3) is 5.38. The van der Waals surface area contributed by atoms with Crippen LogP contribution in [0.4, 0.5) is 24.9 Å². The van der Waals surface area contributed by atoms with Gasteiger partial charge in [0.15, 0.2) is 0 Å². The topological polar surface area (TPSA) is 136 Å². The molecule has 3 aromatic rings. The fourth-order valence-corrected chi connectivity index (χ4v) is 5.54. The van der Waals surface area contributed by atoms with Crippen LogP contribution in [-0.2, 0) is 12.8 Å². The Labute approximate surface area is 209 Å². The quantitative estimate of drug-likeness (QED) is 0.300. The zero-order valence-corrected chi connectivity index (χ0v) is 20.9. The standard InChI is InChI=1S/C23H29F3N6O3S/c1-4-12-7-15-17(13(5-2)29-12)31-21(36-15)16-10(3)28-22(27-9-23(24,25)26)32-20(16)30-14-6-11(8-33)18(34)19(14)35/h7,11,14,18-19,33-35H,4-6,8-9H2,1-3H3,(H2,27,28,30,32)/t11-,14-,18-,19+/m1/s1. The fourth-order valence-electron chi connectivity index (χ4n) is 4.40. The van der Waals surface area contributed by atoms with Gasteiger partial charge in [-0.1, -0.05) is 13.8 Å². The van der Waals surface area contributed by atoms with E-state index in [1.54, 1.807) is 6.92 Å². The smallest absolute Gasteiger partial charge is 0.396 e. The van der Waals surface area contributed by atoms with E-state index in [9.17, 15) is 28.5 Å². The predicted molar refractivity (Wildman–Crippen MR) is 131 cm³/mol. The Hall–Kier alpha value is -2.61. The molecular weight excluding hydrogens is 497 g/mol. The average Bonchev–Trinajstić information content (AvgIpc) is 3.37. The third-order valence-electron chi connectivity index (χ3n) is 6.31. The summed E-state index contributed by atoms with van der Waals surface area (Å²) in [7, 11) is 0. The summed E-state index contributed by atoms with van der Waals surface area (Å²) >= 11 is 1.40. The van der Waals surface area contributed by atoms with Crippen molar-refractivity contribution in [3.05, 3.63) is 23.1 Å². The molecular formula is C23H29F3N6O3S. The highest BCUT2D eigenvalue weighted by Crippen LogP contribution is 2.39. The number of aromatic nitrogens is 4. The zero-order valence-electron chi connectivity index (χ0n) is 20.1. The lowest BCUT2D eigenvalue weighted by atomic mass is 10.1. The van der Waals surface area contributed by atoms with E-state index in [1.165, 1.54) is 11.3 Å². The number of aliphatic hydroxyl groups is 3. The lowest BCUT2D eigenvalue weighted by Gasteiger charge is -2.21. The zero-order chi connectivity index (χ0) is 26.2. The van der Waals surface area contributed by atoms with Crippen molar-refractivity contribution >= 4 is 33.3 Å². The van der Waals surface area contributed by atoms with Crippen LogP contribution < -0.4 is 10.6 Å². The number of aryl methyl sites for hydroxylation is 3. The van der Waals surface area contributed by atoms with Gasteiger partial charge in [-0.15, -0.1) is 11.3 Å². The van der Waals surface area contributed by atoms with Gasteiger partial charge in [-0.25, -0.2) is 9.97 Å². The Morgan fingerprint density at radius 3 is 2.44 bits per heavy atom. The average molecular weight is 527 g/mol. The molecule has 0 unspecified atom stereocenters. The second kappa shape index (κ2) is 10.4.